The van der Waals surface area contributed by atoms with E-state index in [2.05, 4.69) is 10.3 Å². The molecule has 2 heterocycles. The van der Waals surface area contributed by atoms with E-state index >= 15 is 0 Å². The molecule has 82 valence electrons. The van der Waals surface area contributed by atoms with Gasteiger partial charge in [0, 0.05) is 19.3 Å². The van der Waals surface area contributed by atoms with Gasteiger partial charge >= 0.3 is 5.69 Å². The lowest BCUT2D eigenvalue weighted by Gasteiger charge is -2.22. The molecule has 0 spiro atoms. The van der Waals surface area contributed by atoms with Crippen molar-refractivity contribution in [2.24, 2.45) is 7.05 Å². The van der Waals surface area contributed by atoms with Gasteiger partial charge in [-0.2, -0.15) is 0 Å². The van der Waals surface area contributed by atoms with Gasteiger partial charge in [-0.3, -0.25) is 9.36 Å². The summed E-state index contributed by atoms with van der Waals surface area (Å²) in [6, 6.07) is 0.0919. The fraction of sp³-hybridized carbons (Fsp3) is 0.600. The monoisotopic (exact) mass is 209 g/mol. The predicted octanol–water partition coefficient (Wildman–Crippen LogP) is -0.112. The molecular formula is C10H15N3O2. The van der Waals surface area contributed by atoms with Crippen LogP contribution in [0.4, 0.5) is 0 Å². The summed E-state index contributed by atoms with van der Waals surface area (Å²) >= 11 is 0. The summed E-state index contributed by atoms with van der Waals surface area (Å²) in [5.41, 5.74) is 0.106. The zero-order valence-corrected chi connectivity index (χ0v) is 8.75. The highest BCUT2D eigenvalue weighted by Crippen LogP contribution is 2.18. The number of hydrogen-bond acceptors (Lipinski definition) is 3. The van der Waals surface area contributed by atoms with E-state index in [1.54, 1.807) is 0 Å². The maximum absolute atomic E-state index is 11.8. The maximum Gasteiger partial charge on any atom is 0.328 e. The topological polar surface area (TPSA) is 66.9 Å². The molecule has 0 bridgehead atoms. The summed E-state index contributed by atoms with van der Waals surface area (Å²) < 4.78 is 1.12. The second-order valence-corrected chi connectivity index (χ2v) is 3.92. The molecule has 0 aliphatic carbocycles. The van der Waals surface area contributed by atoms with Crippen molar-refractivity contribution in [3.63, 3.8) is 0 Å². The Morgan fingerprint density at radius 1 is 1.40 bits per heavy atom. The number of rotatable bonds is 1. The standard InChI is InChI=1S/C10H15N3O2/c1-13-9(14)7(6-12-10(13)15)8-4-2-3-5-11-8/h6,8,11H,2-5H2,1H3,(H,12,15). The highest BCUT2D eigenvalue weighted by molar-refractivity contribution is 5.11. The molecule has 1 atom stereocenters. The first-order valence-electron chi connectivity index (χ1n) is 5.22. The Bertz CT molecular complexity index is 454. The summed E-state index contributed by atoms with van der Waals surface area (Å²) in [7, 11) is 1.49. The number of aromatic nitrogens is 2. The van der Waals surface area contributed by atoms with Crippen LogP contribution in [0.1, 0.15) is 30.9 Å². The number of nitrogens with zero attached hydrogens (tertiary/aromatic N) is 1. The Hall–Kier alpha value is -1.36. The second-order valence-electron chi connectivity index (χ2n) is 3.92. The third kappa shape index (κ3) is 1.87. The minimum Gasteiger partial charge on any atom is -0.314 e. The van der Waals surface area contributed by atoms with E-state index in [-0.39, 0.29) is 17.3 Å². The highest BCUT2D eigenvalue weighted by Gasteiger charge is 2.18. The third-order valence-electron chi connectivity index (χ3n) is 2.89. The predicted molar refractivity (Wildman–Crippen MR) is 56.9 cm³/mol. The lowest BCUT2D eigenvalue weighted by atomic mass is 10.00. The van der Waals surface area contributed by atoms with E-state index in [1.807, 2.05) is 0 Å². The molecule has 2 rings (SSSR count). The average Bonchev–Trinajstić information content (AvgIpc) is 2.27. The van der Waals surface area contributed by atoms with Gasteiger partial charge in [-0.15, -0.1) is 0 Å². The first-order valence-corrected chi connectivity index (χ1v) is 5.22. The molecule has 1 aromatic heterocycles. The number of nitrogens with one attached hydrogen (secondary N) is 2. The summed E-state index contributed by atoms with van der Waals surface area (Å²) in [5, 5.41) is 3.29. The summed E-state index contributed by atoms with van der Waals surface area (Å²) in [4.78, 5) is 25.5. The van der Waals surface area contributed by atoms with Crippen LogP contribution in [0.25, 0.3) is 0 Å². The molecule has 15 heavy (non-hydrogen) atoms. The molecule has 1 fully saturated rings. The Morgan fingerprint density at radius 2 is 2.20 bits per heavy atom. The van der Waals surface area contributed by atoms with E-state index in [0.29, 0.717) is 5.56 Å². The minimum absolute atomic E-state index is 0.0919. The van der Waals surface area contributed by atoms with Crippen molar-refractivity contribution in [3.8, 4) is 0 Å². The van der Waals surface area contributed by atoms with Gasteiger partial charge in [-0.1, -0.05) is 6.42 Å². The highest BCUT2D eigenvalue weighted by atomic mass is 16.2. The fourth-order valence-corrected chi connectivity index (χ4v) is 1.95. The fourth-order valence-electron chi connectivity index (χ4n) is 1.95. The molecule has 0 saturated carbocycles. The van der Waals surface area contributed by atoms with Crippen LogP contribution in [-0.2, 0) is 7.05 Å². The Labute approximate surface area is 87.1 Å². The molecule has 1 unspecified atom stereocenters. The summed E-state index contributed by atoms with van der Waals surface area (Å²) in [5.74, 6) is 0. The van der Waals surface area contributed by atoms with Gasteiger partial charge < -0.3 is 10.3 Å². The molecule has 0 aromatic carbocycles. The van der Waals surface area contributed by atoms with Crippen LogP contribution in [0.3, 0.4) is 0 Å². The average molecular weight is 209 g/mol. The molecule has 1 aliphatic heterocycles. The molecule has 5 nitrogen and oxygen atoms in total. The van der Waals surface area contributed by atoms with Crippen molar-refractivity contribution < 1.29 is 0 Å². The molecule has 1 saturated heterocycles. The van der Waals surface area contributed by atoms with Crippen molar-refractivity contribution in [3.05, 3.63) is 32.6 Å². The minimum atomic E-state index is -0.362. The number of aromatic amines is 1. The second kappa shape index (κ2) is 4.02. The van der Waals surface area contributed by atoms with E-state index in [1.165, 1.54) is 13.2 Å². The molecular weight excluding hydrogens is 194 g/mol. The van der Waals surface area contributed by atoms with Crippen LogP contribution in [0, 0.1) is 0 Å². The lowest BCUT2D eigenvalue weighted by Crippen LogP contribution is -2.39. The number of H-pyrrole nitrogens is 1. The van der Waals surface area contributed by atoms with Crippen LogP contribution in [-0.4, -0.2) is 16.1 Å². The molecule has 5 heteroatoms. The van der Waals surface area contributed by atoms with Crippen molar-refractivity contribution in [2.75, 3.05) is 6.54 Å². The zero-order valence-electron chi connectivity index (χ0n) is 8.75. The normalized spacial score (nSPS) is 21.5. The van der Waals surface area contributed by atoms with Crippen LogP contribution in [0.15, 0.2) is 15.8 Å². The quantitative estimate of drug-likeness (QED) is 0.678. The van der Waals surface area contributed by atoms with Gasteiger partial charge in [0.2, 0.25) is 0 Å². The zero-order chi connectivity index (χ0) is 10.8. The molecule has 1 aliphatic rings. The largest absolute Gasteiger partial charge is 0.328 e. The Balaban J connectivity index is 2.40. The van der Waals surface area contributed by atoms with E-state index < -0.39 is 0 Å². The first kappa shape index (κ1) is 10.2. The van der Waals surface area contributed by atoms with Crippen LogP contribution >= 0.6 is 0 Å². The van der Waals surface area contributed by atoms with Crippen molar-refractivity contribution >= 4 is 0 Å². The number of hydrogen-bond donors (Lipinski definition) is 2. The smallest absolute Gasteiger partial charge is 0.314 e. The van der Waals surface area contributed by atoms with Gasteiger partial charge in [0.1, 0.15) is 0 Å². The summed E-state index contributed by atoms with van der Waals surface area (Å²) in [6.07, 6.45) is 4.77. The molecule has 1 aromatic rings. The third-order valence-corrected chi connectivity index (χ3v) is 2.89. The van der Waals surface area contributed by atoms with Crippen LogP contribution in [0.5, 0.6) is 0 Å². The van der Waals surface area contributed by atoms with Crippen LogP contribution in [0.2, 0.25) is 0 Å². The van der Waals surface area contributed by atoms with Gasteiger partial charge in [0.15, 0.2) is 0 Å². The SMILES string of the molecule is Cn1c(=O)[nH]cc(C2CCCCN2)c1=O. The summed E-state index contributed by atoms with van der Waals surface area (Å²) in [6.45, 7) is 0.937. The molecule has 2 N–H and O–H groups in total. The van der Waals surface area contributed by atoms with Gasteiger partial charge in [0.05, 0.1) is 5.56 Å². The first-order chi connectivity index (χ1) is 7.20. The maximum atomic E-state index is 11.8. The van der Waals surface area contributed by atoms with E-state index in [4.69, 9.17) is 0 Å². The van der Waals surface area contributed by atoms with Crippen LogP contribution < -0.4 is 16.6 Å². The lowest BCUT2D eigenvalue weighted by molar-refractivity contribution is 0.406. The van der Waals surface area contributed by atoms with Crippen molar-refractivity contribution in [1.82, 2.24) is 14.9 Å². The number of piperidine rings is 1. The van der Waals surface area contributed by atoms with Gasteiger partial charge in [0.25, 0.3) is 5.56 Å². The Morgan fingerprint density at radius 3 is 2.87 bits per heavy atom. The molecule has 0 amide bonds. The van der Waals surface area contributed by atoms with Gasteiger partial charge in [-0.05, 0) is 19.4 Å². The van der Waals surface area contributed by atoms with Crippen molar-refractivity contribution in [1.29, 1.82) is 0 Å². The Kier molecular flexibility index (Phi) is 2.73. The van der Waals surface area contributed by atoms with E-state index in [0.717, 1.165) is 30.4 Å². The molecule has 0 radical (unpaired) electrons. The van der Waals surface area contributed by atoms with Gasteiger partial charge in [-0.25, -0.2) is 4.79 Å². The van der Waals surface area contributed by atoms with Crippen molar-refractivity contribution in [2.45, 2.75) is 25.3 Å². The van der Waals surface area contributed by atoms with E-state index in [9.17, 15) is 9.59 Å².